The van der Waals surface area contributed by atoms with Gasteiger partial charge in [-0.2, -0.15) is 5.26 Å². The number of H-pyrrole nitrogens is 1. The number of aryl methyl sites for hydroxylation is 1. The summed E-state index contributed by atoms with van der Waals surface area (Å²) in [6.45, 7) is 2.22. The van der Waals surface area contributed by atoms with Crippen LogP contribution < -0.4 is 5.73 Å². The Balaban J connectivity index is 2.24. The molecule has 0 spiro atoms. The molecule has 0 aliphatic heterocycles. The molecule has 2 aromatic heterocycles. The smallest absolute Gasteiger partial charge is 0.142 e. The predicted molar refractivity (Wildman–Crippen MR) is 79.0 cm³/mol. The highest BCUT2D eigenvalue weighted by molar-refractivity contribution is 5.77. The van der Waals surface area contributed by atoms with Gasteiger partial charge in [-0.15, -0.1) is 0 Å². The minimum absolute atomic E-state index is 0.353. The fourth-order valence-corrected chi connectivity index (χ4v) is 3.09. The fraction of sp³-hybridized carbons (Fsp3) is 0.375. The van der Waals surface area contributed by atoms with Gasteiger partial charge in [0.15, 0.2) is 0 Å². The summed E-state index contributed by atoms with van der Waals surface area (Å²) in [4.78, 5) is 7.67. The van der Waals surface area contributed by atoms with Gasteiger partial charge >= 0.3 is 0 Å². The van der Waals surface area contributed by atoms with Gasteiger partial charge in [-0.25, -0.2) is 4.98 Å². The van der Waals surface area contributed by atoms with Crippen molar-refractivity contribution < 1.29 is 0 Å². The molecule has 2 aromatic rings. The first kappa shape index (κ1) is 12.7. The largest absolute Gasteiger partial charge is 0.383 e. The number of rotatable bonds is 2. The van der Waals surface area contributed by atoms with Crippen LogP contribution in [-0.2, 0) is 12.8 Å². The number of aromatic amines is 1. The normalized spacial score (nSPS) is 17.5. The first-order chi connectivity index (χ1) is 9.74. The standard InChI is InChI=1S/C16H18N4/c1-2-10-5-6-13-11(8-10)15(14-4-3-7-19-14)12(9-17)16(18)20-13/h3-4,7,10,19H,2,5-6,8H2,1H3,(H2,18,20). The van der Waals surface area contributed by atoms with E-state index in [4.69, 9.17) is 5.73 Å². The maximum Gasteiger partial charge on any atom is 0.142 e. The van der Waals surface area contributed by atoms with E-state index in [2.05, 4.69) is 23.0 Å². The Kier molecular flexibility index (Phi) is 3.19. The minimum Gasteiger partial charge on any atom is -0.383 e. The third kappa shape index (κ3) is 1.96. The molecule has 3 rings (SSSR count). The summed E-state index contributed by atoms with van der Waals surface area (Å²) in [5.74, 6) is 1.03. The Morgan fingerprint density at radius 2 is 2.40 bits per heavy atom. The zero-order chi connectivity index (χ0) is 14.1. The molecule has 3 N–H and O–H groups in total. The SMILES string of the molecule is CCC1CCc2nc(N)c(C#N)c(-c3ccc[nH]3)c2C1. The second kappa shape index (κ2) is 5.01. The van der Waals surface area contributed by atoms with Gasteiger partial charge in [0.05, 0.1) is 0 Å². The van der Waals surface area contributed by atoms with Crippen LogP contribution in [0, 0.1) is 17.2 Å². The highest BCUT2D eigenvalue weighted by Gasteiger charge is 2.25. The van der Waals surface area contributed by atoms with E-state index in [0.29, 0.717) is 17.3 Å². The molecular weight excluding hydrogens is 248 g/mol. The van der Waals surface area contributed by atoms with Gasteiger partial charge in [0.1, 0.15) is 17.5 Å². The number of nitrogens with one attached hydrogen (secondary N) is 1. The summed E-state index contributed by atoms with van der Waals surface area (Å²) in [7, 11) is 0. The van der Waals surface area contributed by atoms with E-state index in [1.165, 1.54) is 5.56 Å². The molecule has 0 aromatic carbocycles. The Morgan fingerprint density at radius 1 is 1.55 bits per heavy atom. The first-order valence-electron chi connectivity index (χ1n) is 7.09. The van der Waals surface area contributed by atoms with Crippen molar-refractivity contribution in [2.45, 2.75) is 32.6 Å². The van der Waals surface area contributed by atoms with E-state index in [9.17, 15) is 5.26 Å². The quantitative estimate of drug-likeness (QED) is 0.876. The summed E-state index contributed by atoms with van der Waals surface area (Å²) in [5.41, 5.74) is 10.7. The Hall–Kier alpha value is -2.28. The van der Waals surface area contributed by atoms with E-state index in [-0.39, 0.29) is 0 Å². The number of aromatic nitrogens is 2. The van der Waals surface area contributed by atoms with Gasteiger partial charge in [0, 0.05) is 23.1 Å². The molecule has 1 unspecified atom stereocenters. The molecule has 0 fully saturated rings. The molecule has 0 amide bonds. The van der Waals surface area contributed by atoms with Crippen molar-refractivity contribution >= 4 is 5.82 Å². The van der Waals surface area contributed by atoms with Gasteiger partial charge in [-0.3, -0.25) is 0 Å². The van der Waals surface area contributed by atoms with Crippen LogP contribution in [0.4, 0.5) is 5.82 Å². The number of hydrogen-bond acceptors (Lipinski definition) is 3. The number of anilines is 1. The monoisotopic (exact) mass is 266 g/mol. The van der Waals surface area contributed by atoms with Crippen molar-refractivity contribution in [1.29, 1.82) is 5.26 Å². The number of nitrogen functional groups attached to an aromatic ring is 1. The molecule has 1 aliphatic rings. The van der Waals surface area contributed by atoms with Crippen LogP contribution in [0.5, 0.6) is 0 Å². The first-order valence-corrected chi connectivity index (χ1v) is 7.09. The second-order valence-electron chi connectivity index (χ2n) is 5.38. The van der Waals surface area contributed by atoms with Crippen molar-refractivity contribution in [2.24, 2.45) is 5.92 Å². The summed E-state index contributed by atoms with van der Waals surface area (Å²) < 4.78 is 0. The van der Waals surface area contributed by atoms with Crippen molar-refractivity contribution in [3.8, 4) is 17.3 Å². The zero-order valence-electron chi connectivity index (χ0n) is 11.6. The third-order valence-corrected chi connectivity index (χ3v) is 4.25. The molecule has 0 saturated heterocycles. The van der Waals surface area contributed by atoms with Crippen molar-refractivity contribution in [2.75, 3.05) is 5.73 Å². The van der Waals surface area contributed by atoms with Crippen LogP contribution in [0.3, 0.4) is 0 Å². The molecule has 4 nitrogen and oxygen atoms in total. The van der Waals surface area contributed by atoms with E-state index in [1.54, 1.807) is 0 Å². The Morgan fingerprint density at radius 3 is 3.05 bits per heavy atom. The third-order valence-electron chi connectivity index (χ3n) is 4.25. The van der Waals surface area contributed by atoms with Gasteiger partial charge in [0.25, 0.3) is 0 Å². The number of pyridine rings is 1. The van der Waals surface area contributed by atoms with E-state index >= 15 is 0 Å². The molecule has 20 heavy (non-hydrogen) atoms. The number of fused-ring (bicyclic) bond motifs is 1. The maximum absolute atomic E-state index is 9.44. The Labute approximate surface area is 118 Å². The average Bonchev–Trinajstić information content (AvgIpc) is 2.99. The van der Waals surface area contributed by atoms with Gasteiger partial charge in [-0.05, 0) is 42.9 Å². The maximum atomic E-state index is 9.44. The van der Waals surface area contributed by atoms with Crippen molar-refractivity contribution in [3.63, 3.8) is 0 Å². The van der Waals surface area contributed by atoms with Gasteiger partial charge in [-0.1, -0.05) is 13.3 Å². The number of nitriles is 1. The molecule has 102 valence electrons. The molecule has 0 bridgehead atoms. The topological polar surface area (TPSA) is 78.5 Å². The molecule has 4 heteroatoms. The fourth-order valence-electron chi connectivity index (χ4n) is 3.09. The number of nitrogens with zero attached hydrogens (tertiary/aromatic N) is 2. The lowest BCUT2D eigenvalue weighted by Gasteiger charge is -2.26. The molecule has 0 radical (unpaired) electrons. The van der Waals surface area contributed by atoms with Crippen LogP contribution in [0.2, 0.25) is 0 Å². The summed E-state index contributed by atoms with van der Waals surface area (Å²) >= 11 is 0. The summed E-state index contributed by atoms with van der Waals surface area (Å²) in [5, 5.41) is 9.44. The highest BCUT2D eigenvalue weighted by Crippen LogP contribution is 2.37. The van der Waals surface area contributed by atoms with Crippen molar-refractivity contribution in [1.82, 2.24) is 9.97 Å². The zero-order valence-corrected chi connectivity index (χ0v) is 11.6. The predicted octanol–water partition coefficient (Wildman–Crippen LogP) is 3.05. The van der Waals surface area contributed by atoms with E-state index < -0.39 is 0 Å². The van der Waals surface area contributed by atoms with E-state index in [1.807, 2.05) is 18.3 Å². The molecule has 0 saturated carbocycles. The highest BCUT2D eigenvalue weighted by atomic mass is 14.9. The number of nitrogens with two attached hydrogens (primary N) is 1. The molecule has 1 aliphatic carbocycles. The lowest BCUT2D eigenvalue weighted by molar-refractivity contribution is 0.440. The van der Waals surface area contributed by atoms with Crippen LogP contribution in [0.15, 0.2) is 18.3 Å². The van der Waals surface area contributed by atoms with Crippen LogP contribution >= 0.6 is 0 Å². The van der Waals surface area contributed by atoms with Gasteiger partial charge < -0.3 is 10.7 Å². The lowest BCUT2D eigenvalue weighted by Crippen LogP contribution is -2.18. The van der Waals surface area contributed by atoms with Crippen LogP contribution in [0.25, 0.3) is 11.3 Å². The van der Waals surface area contributed by atoms with Gasteiger partial charge in [0.2, 0.25) is 0 Å². The van der Waals surface area contributed by atoms with E-state index in [0.717, 1.165) is 42.6 Å². The summed E-state index contributed by atoms with van der Waals surface area (Å²) in [6.07, 6.45) is 6.14. The average molecular weight is 266 g/mol. The number of hydrogen-bond donors (Lipinski definition) is 2. The minimum atomic E-state index is 0.353. The molecule has 1 atom stereocenters. The molecular formula is C16H18N4. The van der Waals surface area contributed by atoms with Crippen molar-refractivity contribution in [3.05, 3.63) is 35.2 Å². The van der Waals surface area contributed by atoms with Crippen LogP contribution in [0.1, 0.15) is 36.6 Å². The molecule has 2 heterocycles. The van der Waals surface area contributed by atoms with Crippen LogP contribution in [-0.4, -0.2) is 9.97 Å². The summed E-state index contributed by atoms with van der Waals surface area (Å²) in [6, 6.07) is 6.16. The Bertz CT molecular complexity index is 665. The second-order valence-corrected chi connectivity index (χ2v) is 5.38. The lowest BCUT2D eigenvalue weighted by atomic mass is 9.81.